The maximum Gasteiger partial charge on any atom is 0.0724 e. The first-order valence-electron chi connectivity index (χ1n) is 8.50. The van der Waals surface area contributed by atoms with Crippen LogP contribution in [0, 0.1) is 17.8 Å². The van der Waals surface area contributed by atoms with E-state index in [1.54, 1.807) is 0 Å². The van der Waals surface area contributed by atoms with Gasteiger partial charge in [0.2, 0.25) is 0 Å². The summed E-state index contributed by atoms with van der Waals surface area (Å²) in [5.41, 5.74) is 6.48. The predicted octanol–water partition coefficient (Wildman–Crippen LogP) is 2.89. The SMILES string of the molecule is COC1CN(C2(CN)CCC(C(C)C)CC2)CCC1C. The van der Waals surface area contributed by atoms with Gasteiger partial charge in [0.1, 0.15) is 0 Å². The molecule has 2 fully saturated rings. The highest BCUT2D eigenvalue weighted by Gasteiger charge is 2.42. The summed E-state index contributed by atoms with van der Waals surface area (Å²) in [7, 11) is 1.86. The number of nitrogens with two attached hydrogens (primary N) is 1. The van der Waals surface area contributed by atoms with Crippen molar-refractivity contribution in [3.05, 3.63) is 0 Å². The highest BCUT2D eigenvalue weighted by Crippen LogP contribution is 2.40. The molecule has 0 amide bonds. The number of likely N-dealkylation sites (tertiary alicyclic amines) is 1. The summed E-state index contributed by atoms with van der Waals surface area (Å²) in [5, 5.41) is 0. The molecule has 2 N–H and O–H groups in total. The summed E-state index contributed by atoms with van der Waals surface area (Å²) >= 11 is 0. The van der Waals surface area contributed by atoms with Crippen LogP contribution in [-0.4, -0.2) is 43.3 Å². The van der Waals surface area contributed by atoms with Crippen LogP contribution < -0.4 is 5.73 Å². The van der Waals surface area contributed by atoms with Gasteiger partial charge in [0.15, 0.2) is 0 Å². The first kappa shape index (κ1) is 16.3. The van der Waals surface area contributed by atoms with Gasteiger partial charge in [-0.25, -0.2) is 0 Å². The Balaban J connectivity index is 2.01. The molecule has 1 saturated heterocycles. The van der Waals surface area contributed by atoms with Gasteiger partial charge in [0, 0.05) is 25.7 Å². The summed E-state index contributed by atoms with van der Waals surface area (Å²) < 4.78 is 5.69. The zero-order valence-electron chi connectivity index (χ0n) is 13.9. The molecule has 20 heavy (non-hydrogen) atoms. The van der Waals surface area contributed by atoms with Gasteiger partial charge in [-0.2, -0.15) is 0 Å². The van der Waals surface area contributed by atoms with Crippen LogP contribution in [0.1, 0.15) is 52.9 Å². The van der Waals surface area contributed by atoms with Gasteiger partial charge >= 0.3 is 0 Å². The molecule has 0 bridgehead atoms. The summed E-state index contributed by atoms with van der Waals surface area (Å²) in [5.74, 6) is 2.40. The third-order valence-corrected chi connectivity index (χ3v) is 6.15. The molecular formula is C17H34N2O. The van der Waals surface area contributed by atoms with E-state index in [-0.39, 0.29) is 5.54 Å². The van der Waals surface area contributed by atoms with Crippen LogP contribution in [0.2, 0.25) is 0 Å². The Hall–Kier alpha value is -0.120. The van der Waals surface area contributed by atoms with Crippen molar-refractivity contribution < 1.29 is 4.74 Å². The van der Waals surface area contributed by atoms with Crippen LogP contribution in [0.4, 0.5) is 0 Å². The molecule has 2 rings (SSSR count). The Morgan fingerprint density at radius 3 is 2.40 bits per heavy atom. The fraction of sp³-hybridized carbons (Fsp3) is 1.00. The minimum Gasteiger partial charge on any atom is -0.380 e. The lowest BCUT2D eigenvalue weighted by Crippen LogP contribution is -2.60. The van der Waals surface area contributed by atoms with Crippen molar-refractivity contribution in [2.75, 3.05) is 26.7 Å². The maximum absolute atomic E-state index is 6.23. The van der Waals surface area contributed by atoms with Crippen LogP contribution >= 0.6 is 0 Å². The third-order valence-electron chi connectivity index (χ3n) is 6.15. The lowest BCUT2D eigenvalue weighted by molar-refractivity contribution is -0.0601. The van der Waals surface area contributed by atoms with E-state index in [0.29, 0.717) is 12.0 Å². The molecule has 0 aromatic heterocycles. The van der Waals surface area contributed by atoms with E-state index in [4.69, 9.17) is 10.5 Å². The van der Waals surface area contributed by atoms with E-state index in [2.05, 4.69) is 25.7 Å². The van der Waals surface area contributed by atoms with Crippen LogP contribution in [0.5, 0.6) is 0 Å². The Bertz CT molecular complexity index is 297. The number of ether oxygens (including phenoxy) is 1. The third kappa shape index (κ3) is 3.20. The van der Waals surface area contributed by atoms with Gasteiger partial charge in [-0.15, -0.1) is 0 Å². The minimum absolute atomic E-state index is 0.252. The van der Waals surface area contributed by atoms with Crippen molar-refractivity contribution in [1.82, 2.24) is 4.90 Å². The summed E-state index contributed by atoms with van der Waals surface area (Å²) in [6.07, 6.45) is 6.87. The average molecular weight is 282 g/mol. The van der Waals surface area contributed by atoms with E-state index in [1.807, 2.05) is 7.11 Å². The highest BCUT2D eigenvalue weighted by molar-refractivity contribution is 4.99. The number of hydrogen-bond acceptors (Lipinski definition) is 3. The number of piperidine rings is 1. The lowest BCUT2D eigenvalue weighted by Gasteiger charge is -2.51. The Morgan fingerprint density at radius 1 is 1.25 bits per heavy atom. The maximum atomic E-state index is 6.23. The number of methoxy groups -OCH3 is 1. The molecule has 2 aliphatic rings. The average Bonchev–Trinajstić information content (AvgIpc) is 2.47. The Morgan fingerprint density at radius 2 is 1.90 bits per heavy atom. The fourth-order valence-electron chi connectivity index (χ4n) is 4.27. The zero-order chi connectivity index (χ0) is 14.8. The smallest absolute Gasteiger partial charge is 0.0724 e. The highest BCUT2D eigenvalue weighted by atomic mass is 16.5. The zero-order valence-corrected chi connectivity index (χ0v) is 13.9. The summed E-state index contributed by atoms with van der Waals surface area (Å²) in [4.78, 5) is 2.66. The molecule has 3 heteroatoms. The van der Waals surface area contributed by atoms with Crippen molar-refractivity contribution >= 4 is 0 Å². The van der Waals surface area contributed by atoms with E-state index < -0.39 is 0 Å². The van der Waals surface area contributed by atoms with E-state index in [1.165, 1.54) is 38.6 Å². The molecule has 2 unspecified atom stereocenters. The molecule has 1 heterocycles. The number of hydrogen-bond donors (Lipinski definition) is 1. The van der Waals surface area contributed by atoms with Crippen molar-refractivity contribution in [3.63, 3.8) is 0 Å². The van der Waals surface area contributed by atoms with Gasteiger partial charge < -0.3 is 10.5 Å². The summed E-state index contributed by atoms with van der Waals surface area (Å²) in [6.45, 7) is 10.1. The topological polar surface area (TPSA) is 38.5 Å². The lowest BCUT2D eigenvalue weighted by atomic mass is 9.71. The van der Waals surface area contributed by atoms with Gasteiger partial charge in [-0.05, 0) is 56.4 Å². The van der Waals surface area contributed by atoms with E-state index in [0.717, 1.165) is 24.9 Å². The van der Waals surface area contributed by atoms with Crippen LogP contribution in [-0.2, 0) is 4.74 Å². The largest absolute Gasteiger partial charge is 0.380 e. The monoisotopic (exact) mass is 282 g/mol. The van der Waals surface area contributed by atoms with Gasteiger partial charge in [0.25, 0.3) is 0 Å². The minimum atomic E-state index is 0.252. The molecule has 3 nitrogen and oxygen atoms in total. The van der Waals surface area contributed by atoms with Crippen molar-refractivity contribution in [3.8, 4) is 0 Å². The summed E-state index contributed by atoms with van der Waals surface area (Å²) in [6, 6.07) is 0. The molecule has 0 aromatic carbocycles. The van der Waals surface area contributed by atoms with E-state index in [9.17, 15) is 0 Å². The first-order chi connectivity index (χ1) is 9.52. The molecule has 1 aliphatic heterocycles. The Labute approximate surface area is 125 Å². The van der Waals surface area contributed by atoms with Gasteiger partial charge in [0.05, 0.1) is 6.10 Å². The molecule has 1 aliphatic carbocycles. The van der Waals surface area contributed by atoms with Crippen LogP contribution in [0.15, 0.2) is 0 Å². The Kier molecular flexibility index (Phi) is 5.49. The van der Waals surface area contributed by atoms with Crippen molar-refractivity contribution in [2.24, 2.45) is 23.5 Å². The molecule has 118 valence electrons. The second-order valence-corrected chi connectivity index (χ2v) is 7.50. The molecule has 0 spiro atoms. The predicted molar refractivity (Wildman–Crippen MR) is 84.7 cm³/mol. The molecule has 2 atom stereocenters. The standard InChI is InChI=1S/C17H34N2O/c1-13(2)15-5-8-17(12-18,9-6-15)19-10-7-14(3)16(11-19)20-4/h13-16H,5-12,18H2,1-4H3. The second-order valence-electron chi connectivity index (χ2n) is 7.50. The van der Waals surface area contributed by atoms with Gasteiger partial charge in [-0.3, -0.25) is 4.90 Å². The van der Waals surface area contributed by atoms with E-state index >= 15 is 0 Å². The second kappa shape index (κ2) is 6.76. The molecular weight excluding hydrogens is 248 g/mol. The fourth-order valence-corrected chi connectivity index (χ4v) is 4.27. The number of nitrogens with zero attached hydrogens (tertiary/aromatic N) is 1. The van der Waals surface area contributed by atoms with Gasteiger partial charge in [-0.1, -0.05) is 20.8 Å². The van der Waals surface area contributed by atoms with Crippen molar-refractivity contribution in [1.29, 1.82) is 0 Å². The normalized spacial score (nSPS) is 40.2. The quantitative estimate of drug-likeness (QED) is 0.861. The van der Waals surface area contributed by atoms with Crippen LogP contribution in [0.3, 0.4) is 0 Å². The first-order valence-corrected chi connectivity index (χ1v) is 8.50. The van der Waals surface area contributed by atoms with Crippen LogP contribution in [0.25, 0.3) is 0 Å². The molecule has 0 aromatic rings. The molecule has 0 radical (unpaired) electrons. The van der Waals surface area contributed by atoms with Crippen molar-refractivity contribution in [2.45, 2.75) is 64.5 Å². The number of rotatable bonds is 4. The molecule has 1 saturated carbocycles.